The number of ether oxygens (including phenoxy) is 1. The number of rotatable bonds is 8. The van der Waals surface area contributed by atoms with Crippen LogP contribution in [0.25, 0.3) is 10.9 Å². The molecule has 0 fully saturated rings. The molecule has 0 aliphatic heterocycles. The molecule has 7 heteroatoms. The van der Waals surface area contributed by atoms with E-state index in [-0.39, 0.29) is 5.97 Å². The third-order valence-corrected chi connectivity index (χ3v) is 5.16. The second-order valence-corrected chi connectivity index (χ2v) is 7.34. The van der Waals surface area contributed by atoms with Crippen LogP contribution in [0.2, 0.25) is 0 Å². The largest absolute Gasteiger partial charge is 0.456 e. The van der Waals surface area contributed by atoms with Gasteiger partial charge in [0, 0.05) is 15.5 Å². The molecule has 0 radical (unpaired) electrons. The number of carbonyl (C=O) groups excluding carboxylic acids is 1. The van der Waals surface area contributed by atoms with Gasteiger partial charge in [0.15, 0.2) is 0 Å². The number of likely N-dealkylation sites (N-methyl/N-ethyl adjacent to an activating group) is 1. The van der Waals surface area contributed by atoms with E-state index >= 15 is 0 Å². The number of quaternary nitrogens is 1. The zero-order valence-electron chi connectivity index (χ0n) is 16.0. The third kappa shape index (κ3) is 5.05. The molecule has 0 saturated carbocycles. The van der Waals surface area contributed by atoms with Gasteiger partial charge in [0.25, 0.3) is 0 Å². The first-order valence-corrected chi connectivity index (χ1v) is 10.2. The van der Waals surface area contributed by atoms with E-state index in [9.17, 15) is 4.79 Å². The predicted molar refractivity (Wildman–Crippen MR) is 114 cm³/mol. The second-order valence-electron chi connectivity index (χ2n) is 6.43. The fraction of sp³-hybridized carbons (Fsp3) is 0.286. The van der Waals surface area contributed by atoms with Crippen molar-refractivity contribution in [2.45, 2.75) is 13.8 Å². The van der Waals surface area contributed by atoms with Crippen molar-refractivity contribution in [3.05, 3.63) is 58.8 Å². The first kappa shape index (κ1) is 20.2. The van der Waals surface area contributed by atoms with Crippen LogP contribution in [0, 0.1) is 0 Å². The lowest BCUT2D eigenvalue weighted by Gasteiger charge is -2.15. The van der Waals surface area contributed by atoms with Crippen molar-refractivity contribution in [1.29, 1.82) is 0 Å². The number of fused-ring (bicyclic) bond motifs is 1. The Balaban J connectivity index is 1.65. The Bertz CT molecular complexity index is 943. The quantitative estimate of drug-likeness (QED) is 0.523. The molecule has 0 spiro atoms. The van der Waals surface area contributed by atoms with Crippen molar-refractivity contribution in [3.8, 4) is 0 Å². The van der Waals surface area contributed by atoms with Crippen LogP contribution in [-0.4, -0.2) is 42.2 Å². The third-order valence-electron chi connectivity index (χ3n) is 4.67. The van der Waals surface area contributed by atoms with E-state index in [0.717, 1.165) is 40.7 Å². The Kier molecular flexibility index (Phi) is 6.95. The maximum absolute atomic E-state index is 12.2. The van der Waals surface area contributed by atoms with E-state index in [1.165, 1.54) is 11.2 Å². The minimum Gasteiger partial charge on any atom is -0.456 e. The van der Waals surface area contributed by atoms with Gasteiger partial charge < -0.3 is 15.0 Å². The molecule has 3 rings (SSSR count). The van der Waals surface area contributed by atoms with Gasteiger partial charge >= 0.3 is 5.97 Å². The van der Waals surface area contributed by atoms with Crippen molar-refractivity contribution in [2.75, 3.05) is 31.6 Å². The first-order valence-electron chi connectivity index (χ1n) is 9.38. The maximum Gasteiger partial charge on any atom is 0.338 e. The fourth-order valence-electron chi connectivity index (χ4n) is 2.93. The van der Waals surface area contributed by atoms with E-state index in [1.807, 2.05) is 30.3 Å². The van der Waals surface area contributed by atoms with Gasteiger partial charge in [-0.3, -0.25) is 0 Å². The fourth-order valence-corrected chi connectivity index (χ4v) is 3.29. The standard InChI is InChI=1S/C21H23BrN4O2/c1-3-26(4-2)11-12-28-21(27)15-5-8-17(9-6-15)25-20-18-13-16(22)7-10-19(18)23-14-24-20/h5-10,13-14H,3-4,11-12H2,1-2H3,(H,23,24,25)/p+1. The predicted octanol–water partition coefficient (Wildman–Crippen LogP) is 3.22. The molecule has 0 aliphatic carbocycles. The summed E-state index contributed by atoms with van der Waals surface area (Å²) in [5.74, 6) is 0.415. The van der Waals surface area contributed by atoms with Crippen molar-refractivity contribution < 1.29 is 14.4 Å². The molecule has 0 saturated heterocycles. The lowest BCUT2D eigenvalue weighted by molar-refractivity contribution is -0.896. The summed E-state index contributed by atoms with van der Waals surface area (Å²) in [6.07, 6.45) is 1.53. The minimum atomic E-state index is -0.297. The number of hydrogen-bond acceptors (Lipinski definition) is 5. The smallest absolute Gasteiger partial charge is 0.338 e. The molecule has 2 N–H and O–H groups in total. The zero-order valence-corrected chi connectivity index (χ0v) is 17.6. The summed E-state index contributed by atoms with van der Waals surface area (Å²) in [5, 5.41) is 4.20. The monoisotopic (exact) mass is 443 g/mol. The van der Waals surface area contributed by atoms with Crippen LogP contribution in [0.15, 0.2) is 53.3 Å². The summed E-state index contributed by atoms with van der Waals surface area (Å²) in [4.78, 5) is 22.2. The first-order chi connectivity index (χ1) is 13.6. The van der Waals surface area contributed by atoms with Crippen LogP contribution in [0.5, 0.6) is 0 Å². The highest BCUT2D eigenvalue weighted by molar-refractivity contribution is 9.10. The highest BCUT2D eigenvalue weighted by Crippen LogP contribution is 2.26. The number of esters is 1. The van der Waals surface area contributed by atoms with Crippen molar-refractivity contribution in [1.82, 2.24) is 9.97 Å². The number of carbonyl (C=O) groups is 1. The number of nitrogens with one attached hydrogen (secondary N) is 2. The number of halogens is 1. The van der Waals surface area contributed by atoms with Gasteiger partial charge in [-0.2, -0.15) is 0 Å². The van der Waals surface area contributed by atoms with Crippen LogP contribution in [0.3, 0.4) is 0 Å². The zero-order chi connectivity index (χ0) is 19.9. The Labute approximate surface area is 173 Å². The SMILES string of the molecule is CC[NH+](CC)CCOC(=O)c1ccc(Nc2ncnc3ccc(Br)cc23)cc1. The molecule has 0 unspecified atom stereocenters. The van der Waals surface area contributed by atoms with Gasteiger partial charge in [0.05, 0.1) is 24.2 Å². The van der Waals surface area contributed by atoms with Crippen LogP contribution in [-0.2, 0) is 4.74 Å². The molecule has 146 valence electrons. The Morgan fingerprint density at radius 2 is 1.86 bits per heavy atom. The van der Waals surface area contributed by atoms with E-state index in [2.05, 4.69) is 45.1 Å². The number of anilines is 2. The summed E-state index contributed by atoms with van der Waals surface area (Å²) in [5.41, 5.74) is 2.23. The van der Waals surface area contributed by atoms with E-state index in [1.54, 1.807) is 12.1 Å². The molecule has 0 amide bonds. The molecule has 6 nitrogen and oxygen atoms in total. The minimum absolute atomic E-state index is 0.297. The topological polar surface area (TPSA) is 68.6 Å². The van der Waals surface area contributed by atoms with Gasteiger partial charge in [-0.05, 0) is 56.3 Å². The Morgan fingerprint density at radius 1 is 1.11 bits per heavy atom. The number of nitrogens with zero attached hydrogens (tertiary/aromatic N) is 2. The van der Waals surface area contributed by atoms with E-state index < -0.39 is 0 Å². The van der Waals surface area contributed by atoms with E-state index in [0.29, 0.717) is 18.0 Å². The van der Waals surface area contributed by atoms with Crippen LogP contribution < -0.4 is 10.2 Å². The van der Waals surface area contributed by atoms with Crippen molar-refractivity contribution >= 4 is 44.3 Å². The molecular weight excluding hydrogens is 420 g/mol. The summed E-state index contributed by atoms with van der Waals surface area (Å²) in [6.45, 7) is 7.58. The summed E-state index contributed by atoms with van der Waals surface area (Å²) < 4.78 is 6.35. The number of aromatic nitrogens is 2. The van der Waals surface area contributed by atoms with Crippen molar-refractivity contribution in [2.24, 2.45) is 0 Å². The lowest BCUT2D eigenvalue weighted by atomic mass is 10.2. The molecule has 0 atom stereocenters. The molecule has 0 bridgehead atoms. The molecule has 3 aromatic rings. The summed E-state index contributed by atoms with van der Waals surface area (Å²) in [7, 11) is 0. The average Bonchev–Trinajstić information content (AvgIpc) is 2.72. The number of benzene rings is 2. The van der Waals surface area contributed by atoms with Crippen molar-refractivity contribution in [3.63, 3.8) is 0 Å². The maximum atomic E-state index is 12.2. The van der Waals surface area contributed by atoms with Gasteiger partial charge in [0.1, 0.15) is 25.3 Å². The van der Waals surface area contributed by atoms with E-state index in [4.69, 9.17) is 4.74 Å². The Morgan fingerprint density at radius 3 is 2.57 bits per heavy atom. The Hall–Kier alpha value is -2.51. The van der Waals surface area contributed by atoms with Crippen LogP contribution >= 0.6 is 15.9 Å². The van der Waals surface area contributed by atoms with Gasteiger partial charge in [-0.15, -0.1) is 0 Å². The van der Waals surface area contributed by atoms with Gasteiger partial charge in [-0.25, -0.2) is 14.8 Å². The van der Waals surface area contributed by atoms with Crippen LogP contribution in [0.1, 0.15) is 24.2 Å². The molecule has 1 aromatic heterocycles. The van der Waals surface area contributed by atoms with Gasteiger partial charge in [0.2, 0.25) is 0 Å². The molecule has 1 heterocycles. The normalized spacial score (nSPS) is 11.0. The lowest BCUT2D eigenvalue weighted by Crippen LogP contribution is -3.11. The van der Waals surface area contributed by atoms with Crippen LogP contribution in [0.4, 0.5) is 11.5 Å². The second kappa shape index (κ2) is 9.61. The molecule has 0 aliphatic rings. The summed E-state index contributed by atoms with van der Waals surface area (Å²) in [6, 6.07) is 13.1. The highest BCUT2D eigenvalue weighted by atomic mass is 79.9. The summed E-state index contributed by atoms with van der Waals surface area (Å²) >= 11 is 3.48. The van der Waals surface area contributed by atoms with Gasteiger partial charge in [-0.1, -0.05) is 15.9 Å². The average molecular weight is 444 g/mol. The molecular formula is C21H24BrN4O2+. The molecule has 28 heavy (non-hydrogen) atoms. The number of hydrogen-bond donors (Lipinski definition) is 2. The molecule has 2 aromatic carbocycles. The highest BCUT2D eigenvalue weighted by Gasteiger charge is 2.10.